The van der Waals surface area contributed by atoms with Crippen LogP contribution in [0.25, 0.3) is 0 Å². The molecule has 0 atom stereocenters. The zero-order valence-corrected chi connectivity index (χ0v) is 2.65. The van der Waals surface area contributed by atoms with Gasteiger partial charge in [0.2, 0.25) is 0 Å². The van der Waals surface area contributed by atoms with Crippen molar-refractivity contribution < 1.29 is 0 Å². The van der Waals surface area contributed by atoms with Gasteiger partial charge in [0, 0.05) is 0 Å². The van der Waals surface area contributed by atoms with Crippen LogP contribution in [0.4, 0.5) is 0 Å². The topological polar surface area (TPSA) is 50.2 Å². The Morgan fingerprint density at radius 3 is 2.80 bits per heavy atom. The van der Waals surface area contributed by atoms with Gasteiger partial charge in [-0.05, 0) is 0 Å². The second kappa shape index (κ2) is 1.32. The SMILES string of the molecule is C1[N]NNN1. The molecule has 0 spiro atoms. The van der Waals surface area contributed by atoms with Crippen LogP contribution in [0.15, 0.2) is 0 Å². The van der Waals surface area contributed by atoms with Crippen molar-refractivity contribution in [3.05, 3.63) is 0 Å². The van der Waals surface area contributed by atoms with Crippen molar-refractivity contribution in [1.29, 1.82) is 0 Å². The highest BCUT2D eigenvalue weighted by atomic mass is 15.8. The van der Waals surface area contributed by atoms with E-state index in [0.717, 1.165) is 0 Å². The van der Waals surface area contributed by atoms with Crippen LogP contribution in [0.5, 0.6) is 0 Å². The van der Waals surface area contributed by atoms with E-state index in [2.05, 4.69) is 21.9 Å². The highest BCUT2D eigenvalue weighted by molar-refractivity contribution is 4.31. The summed E-state index contributed by atoms with van der Waals surface area (Å²) in [5.74, 6) is 0. The second-order valence-electron chi connectivity index (χ2n) is 0.730. The van der Waals surface area contributed by atoms with E-state index in [-0.39, 0.29) is 0 Å². The quantitative estimate of drug-likeness (QED) is 0.313. The van der Waals surface area contributed by atoms with Gasteiger partial charge in [0.05, 0.1) is 6.67 Å². The van der Waals surface area contributed by atoms with Gasteiger partial charge in [-0.25, -0.2) is 5.43 Å². The van der Waals surface area contributed by atoms with E-state index in [1.165, 1.54) is 0 Å². The van der Waals surface area contributed by atoms with Gasteiger partial charge in [-0.15, -0.1) is 5.43 Å². The minimum Gasteiger partial charge on any atom is -0.226 e. The van der Waals surface area contributed by atoms with E-state index in [0.29, 0.717) is 6.67 Å². The Labute approximate surface area is 29.8 Å². The van der Waals surface area contributed by atoms with Gasteiger partial charge in [0.15, 0.2) is 0 Å². The van der Waals surface area contributed by atoms with Crippen LogP contribution in [0.3, 0.4) is 0 Å². The summed E-state index contributed by atoms with van der Waals surface area (Å²) in [6.07, 6.45) is 0. The lowest BCUT2D eigenvalue weighted by molar-refractivity contribution is 0.550. The fraction of sp³-hybridized carbons (Fsp3) is 1.00. The maximum atomic E-state index is 3.61. The Bertz CT molecular complexity index is 15.2. The molecule has 0 unspecified atom stereocenters. The van der Waals surface area contributed by atoms with E-state index in [1.807, 2.05) is 0 Å². The molecular weight excluding hydrogens is 68.0 g/mol. The van der Waals surface area contributed by atoms with Gasteiger partial charge in [-0.2, -0.15) is 11.1 Å². The zero-order valence-electron chi connectivity index (χ0n) is 2.65. The molecule has 4 heteroatoms. The van der Waals surface area contributed by atoms with Crippen molar-refractivity contribution in [2.45, 2.75) is 0 Å². The highest BCUT2D eigenvalue weighted by Gasteiger charge is 1.89. The predicted molar refractivity (Wildman–Crippen MR) is 16.4 cm³/mol. The summed E-state index contributed by atoms with van der Waals surface area (Å²) in [4.78, 5) is 0. The number of hydrazine groups is 2. The van der Waals surface area contributed by atoms with E-state index in [1.54, 1.807) is 0 Å². The van der Waals surface area contributed by atoms with Crippen LogP contribution in [-0.4, -0.2) is 6.67 Å². The first-order valence-corrected chi connectivity index (χ1v) is 1.39. The summed E-state index contributed by atoms with van der Waals surface area (Å²) >= 11 is 0. The Kier molecular flexibility index (Phi) is 0.806. The third-order valence-corrected chi connectivity index (χ3v) is 0.381. The number of nitrogens with zero attached hydrogens (tertiary/aromatic N) is 1. The molecule has 1 heterocycles. The third-order valence-electron chi connectivity index (χ3n) is 0.381. The zero-order chi connectivity index (χ0) is 3.54. The molecule has 1 saturated heterocycles. The molecule has 4 nitrogen and oxygen atoms in total. The molecule has 5 heavy (non-hydrogen) atoms. The number of hydrogen-bond acceptors (Lipinski definition) is 3. The van der Waals surface area contributed by atoms with Gasteiger partial charge in [0.25, 0.3) is 0 Å². The third kappa shape index (κ3) is 0.555. The van der Waals surface area contributed by atoms with E-state index >= 15 is 0 Å². The molecule has 1 aliphatic rings. The van der Waals surface area contributed by atoms with Gasteiger partial charge in [-0.1, -0.05) is 0 Å². The average molecular weight is 73.1 g/mol. The molecular formula is CH5N4. The van der Waals surface area contributed by atoms with E-state index < -0.39 is 0 Å². The molecule has 0 aromatic rings. The van der Waals surface area contributed by atoms with Crippen molar-refractivity contribution in [3.8, 4) is 0 Å². The fourth-order valence-electron chi connectivity index (χ4n) is 0.198. The van der Waals surface area contributed by atoms with Crippen LogP contribution in [0.1, 0.15) is 0 Å². The monoisotopic (exact) mass is 73.1 g/mol. The molecule has 0 saturated carbocycles. The number of nitrogens with one attached hydrogen (secondary N) is 3. The van der Waals surface area contributed by atoms with Crippen molar-refractivity contribution in [1.82, 2.24) is 21.9 Å². The number of rotatable bonds is 0. The minimum absolute atomic E-state index is 0.653. The molecule has 3 N–H and O–H groups in total. The Morgan fingerprint density at radius 2 is 2.60 bits per heavy atom. The minimum atomic E-state index is 0.653. The fourth-order valence-corrected chi connectivity index (χ4v) is 0.198. The van der Waals surface area contributed by atoms with E-state index in [4.69, 9.17) is 0 Å². The Hall–Kier alpha value is -0.160. The standard InChI is InChI=1S/CH5N4/c1-2-4-5-3-1/h2,4-5H,1H2. The summed E-state index contributed by atoms with van der Waals surface area (Å²) in [7, 11) is 0. The van der Waals surface area contributed by atoms with Crippen LogP contribution in [-0.2, 0) is 0 Å². The highest BCUT2D eigenvalue weighted by Crippen LogP contribution is 1.47. The van der Waals surface area contributed by atoms with Crippen LogP contribution < -0.4 is 21.9 Å². The molecule has 0 aromatic heterocycles. The van der Waals surface area contributed by atoms with Gasteiger partial charge < -0.3 is 0 Å². The average Bonchev–Trinajstić information content (AvgIpc) is 1.76. The number of hydrogen-bond donors (Lipinski definition) is 3. The lowest BCUT2D eigenvalue weighted by Gasteiger charge is -1.79. The Balaban J connectivity index is 2.08. The molecule has 1 fully saturated rings. The van der Waals surface area contributed by atoms with Gasteiger partial charge >= 0.3 is 0 Å². The molecule has 0 aromatic carbocycles. The van der Waals surface area contributed by atoms with Gasteiger partial charge in [0.1, 0.15) is 0 Å². The summed E-state index contributed by atoms with van der Waals surface area (Å²) in [5, 5.41) is 0. The summed E-state index contributed by atoms with van der Waals surface area (Å²) in [5.41, 5.74) is 11.3. The molecule has 1 radical (unpaired) electrons. The largest absolute Gasteiger partial charge is 0.226 e. The summed E-state index contributed by atoms with van der Waals surface area (Å²) in [6.45, 7) is 0.653. The van der Waals surface area contributed by atoms with Crippen molar-refractivity contribution >= 4 is 0 Å². The molecule has 1 rings (SSSR count). The first-order valence-electron chi connectivity index (χ1n) is 1.39. The van der Waals surface area contributed by atoms with Gasteiger partial charge in [-0.3, -0.25) is 0 Å². The van der Waals surface area contributed by atoms with Crippen LogP contribution in [0, 0.1) is 0 Å². The van der Waals surface area contributed by atoms with Crippen LogP contribution in [0.2, 0.25) is 0 Å². The van der Waals surface area contributed by atoms with Crippen LogP contribution >= 0.6 is 0 Å². The first kappa shape index (κ1) is 3.05. The van der Waals surface area contributed by atoms with Crippen molar-refractivity contribution in [3.63, 3.8) is 0 Å². The molecule has 0 aliphatic carbocycles. The molecule has 0 bridgehead atoms. The maximum absolute atomic E-state index is 3.61. The molecule has 0 amide bonds. The molecule has 29 valence electrons. The summed E-state index contributed by atoms with van der Waals surface area (Å²) in [6, 6.07) is 0. The molecule has 1 aliphatic heterocycles. The van der Waals surface area contributed by atoms with E-state index in [9.17, 15) is 0 Å². The first-order chi connectivity index (χ1) is 2.50. The van der Waals surface area contributed by atoms with Crippen molar-refractivity contribution in [2.75, 3.05) is 6.67 Å². The summed E-state index contributed by atoms with van der Waals surface area (Å²) < 4.78 is 0. The predicted octanol–water partition coefficient (Wildman–Crippen LogP) is -1.92. The lowest BCUT2D eigenvalue weighted by atomic mass is 11.2. The normalized spacial score (nSPS) is 24.0. The second-order valence-corrected chi connectivity index (χ2v) is 0.730. The lowest BCUT2D eigenvalue weighted by Crippen LogP contribution is -2.31. The maximum Gasteiger partial charge on any atom is 0.0952 e. The smallest absolute Gasteiger partial charge is 0.0952 e. The Morgan fingerprint density at radius 1 is 1.60 bits per heavy atom. The van der Waals surface area contributed by atoms with Crippen molar-refractivity contribution in [2.24, 2.45) is 0 Å².